The lowest BCUT2D eigenvalue weighted by Gasteiger charge is -2.44. The summed E-state index contributed by atoms with van der Waals surface area (Å²) >= 11 is 0. The van der Waals surface area contributed by atoms with E-state index in [0.717, 1.165) is 0 Å². The van der Waals surface area contributed by atoms with Gasteiger partial charge in [0.1, 0.15) is 8.07 Å². The summed E-state index contributed by atoms with van der Waals surface area (Å²) < 4.78 is 0.453. The predicted octanol–water partition coefficient (Wildman–Crippen LogP) is 5.52. The average molecular weight is 413 g/mol. The third-order valence-electron chi connectivity index (χ3n) is 6.69. The van der Waals surface area contributed by atoms with Crippen molar-refractivity contribution in [3.63, 3.8) is 0 Å². The highest BCUT2D eigenvalue weighted by Crippen LogP contribution is 2.62. The molecule has 1 fully saturated rings. The maximum absolute atomic E-state index is 2.68. The fourth-order valence-electron chi connectivity index (χ4n) is 4.61. The van der Waals surface area contributed by atoms with Crippen molar-refractivity contribution in [2.24, 2.45) is 0 Å². The molecule has 1 heterocycles. The molecule has 0 unspecified atom stereocenters. The van der Waals surface area contributed by atoms with Gasteiger partial charge in [-0.3, -0.25) is 0 Å². The molecular formula is C22H28S2Si2. The Morgan fingerprint density at radius 2 is 1.42 bits per heavy atom. The molecule has 0 radical (unpaired) electrons. The van der Waals surface area contributed by atoms with Gasteiger partial charge in [0, 0.05) is 9.62 Å². The van der Waals surface area contributed by atoms with Crippen molar-refractivity contribution in [1.82, 2.24) is 0 Å². The fraction of sp³-hybridized carbons (Fsp3) is 0.364. The van der Waals surface area contributed by atoms with Gasteiger partial charge in [0.15, 0.2) is 0 Å². The Morgan fingerprint density at radius 3 is 2.04 bits per heavy atom. The van der Waals surface area contributed by atoms with E-state index in [1.165, 1.54) is 12.8 Å². The third kappa shape index (κ3) is 2.90. The molecule has 0 nitrogen and oxygen atoms in total. The molecule has 1 aliphatic carbocycles. The van der Waals surface area contributed by atoms with Crippen molar-refractivity contribution in [1.29, 1.82) is 0 Å². The van der Waals surface area contributed by atoms with Crippen LogP contribution in [0, 0.1) is 0 Å². The van der Waals surface area contributed by atoms with E-state index >= 15 is 0 Å². The van der Waals surface area contributed by atoms with Gasteiger partial charge in [-0.15, -0.1) is 0 Å². The highest BCUT2D eigenvalue weighted by atomic mass is 33.1. The molecule has 2 atom stereocenters. The molecule has 0 aromatic heterocycles. The van der Waals surface area contributed by atoms with Gasteiger partial charge in [-0.1, -0.05) is 130 Å². The van der Waals surface area contributed by atoms with E-state index in [1.54, 1.807) is 15.6 Å². The zero-order valence-corrected chi connectivity index (χ0v) is 19.8. The lowest BCUT2D eigenvalue weighted by Crippen LogP contribution is -2.61. The monoisotopic (exact) mass is 412 g/mol. The van der Waals surface area contributed by atoms with Crippen LogP contribution in [0.2, 0.25) is 26.2 Å². The lowest BCUT2D eigenvalue weighted by atomic mass is 10.1. The maximum atomic E-state index is 2.68. The summed E-state index contributed by atoms with van der Waals surface area (Å²) in [6.07, 6.45) is 5.30. The molecule has 4 rings (SSSR count). The molecule has 136 valence electrons. The number of fused-ring (bicyclic) bond motifs is 2. The zero-order valence-electron chi connectivity index (χ0n) is 16.2. The van der Waals surface area contributed by atoms with Gasteiger partial charge >= 0.3 is 0 Å². The first-order chi connectivity index (χ1) is 12.4. The Balaban J connectivity index is 1.68. The van der Waals surface area contributed by atoms with Crippen molar-refractivity contribution in [3.05, 3.63) is 71.9 Å². The van der Waals surface area contributed by atoms with E-state index in [2.05, 4.69) is 115 Å². The van der Waals surface area contributed by atoms with Crippen molar-refractivity contribution in [3.8, 4) is 0 Å². The molecular weight excluding hydrogens is 385 g/mol. The quantitative estimate of drug-likeness (QED) is 0.479. The molecule has 2 aliphatic rings. The van der Waals surface area contributed by atoms with E-state index in [1.807, 2.05) is 0 Å². The molecule has 26 heavy (non-hydrogen) atoms. The van der Waals surface area contributed by atoms with Gasteiger partial charge in [-0.25, -0.2) is 0 Å². The first-order valence-electron chi connectivity index (χ1n) is 9.53. The number of allylic oxidation sites excluding steroid dienone is 1. The minimum absolute atomic E-state index is 0.453. The van der Waals surface area contributed by atoms with Gasteiger partial charge in [-0.2, -0.15) is 0 Å². The average Bonchev–Trinajstić information content (AvgIpc) is 3.01. The van der Waals surface area contributed by atoms with Crippen LogP contribution in [0.25, 0.3) is 0 Å². The Labute approximate surface area is 168 Å². The minimum Gasteiger partial charge on any atom is -0.0891 e. The van der Waals surface area contributed by atoms with Gasteiger partial charge in [0.25, 0.3) is 0 Å². The Morgan fingerprint density at radius 1 is 0.846 bits per heavy atom. The van der Waals surface area contributed by atoms with Gasteiger partial charge < -0.3 is 0 Å². The number of rotatable bonds is 4. The van der Waals surface area contributed by atoms with Gasteiger partial charge in [-0.05, 0) is 12.8 Å². The molecule has 0 amide bonds. The second-order valence-corrected chi connectivity index (χ2v) is 21.1. The Hall–Kier alpha value is -0.686. The Kier molecular flexibility index (Phi) is 4.83. The number of hydrogen-bond acceptors (Lipinski definition) is 2. The van der Waals surface area contributed by atoms with Crippen LogP contribution < -0.4 is 10.4 Å². The SMILES string of the molecule is C[Si](C)(C1=CC[C@]2([Si](C)(C)c3ccccc3)C[C@H]1SS2)c1ccccc1. The van der Waals surface area contributed by atoms with E-state index in [4.69, 9.17) is 0 Å². The fourth-order valence-corrected chi connectivity index (χ4v) is 18.5. The molecule has 2 bridgehead atoms. The summed E-state index contributed by atoms with van der Waals surface area (Å²) in [5, 5.41) is 5.69. The van der Waals surface area contributed by atoms with Crippen LogP contribution in [0.1, 0.15) is 12.8 Å². The highest BCUT2D eigenvalue weighted by molar-refractivity contribution is 8.78. The first kappa shape index (κ1) is 18.7. The zero-order chi connectivity index (χ0) is 18.4. The minimum atomic E-state index is -1.56. The van der Waals surface area contributed by atoms with E-state index in [9.17, 15) is 0 Å². The van der Waals surface area contributed by atoms with Crippen LogP contribution >= 0.6 is 21.6 Å². The van der Waals surface area contributed by atoms with Crippen molar-refractivity contribution in [2.75, 3.05) is 0 Å². The molecule has 0 N–H and O–H groups in total. The van der Waals surface area contributed by atoms with Crippen LogP contribution in [0.4, 0.5) is 0 Å². The second-order valence-electron chi connectivity index (χ2n) is 8.71. The summed E-state index contributed by atoms with van der Waals surface area (Å²) in [6, 6.07) is 22.6. The molecule has 2 aromatic carbocycles. The van der Waals surface area contributed by atoms with Crippen LogP contribution in [-0.4, -0.2) is 25.8 Å². The van der Waals surface area contributed by atoms with Crippen molar-refractivity contribution in [2.45, 2.75) is 48.6 Å². The van der Waals surface area contributed by atoms with Crippen LogP contribution in [-0.2, 0) is 0 Å². The lowest BCUT2D eigenvalue weighted by molar-refractivity contribution is 0.683. The summed E-state index contributed by atoms with van der Waals surface area (Å²) in [4.78, 5) is 0. The summed E-state index contributed by atoms with van der Waals surface area (Å²) in [5.74, 6) is 0. The number of benzene rings is 2. The Bertz CT molecular complexity index is 815. The topological polar surface area (TPSA) is 0 Å². The van der Waals surface area contributed by atoms with Crippen molar-refractivity contribution < 1.29 is 0 Å². The van der Waals surface area contributed by atoms with E-state index < -0.39 is 16.1 Å². The molecule has 4 heteroatoms. The molecule has 1 aliphatic heterocycles. The van der Waals surface area contributed by atoms with E-state index in [0.29, 0.717) is 9.62 Å². The van der Waals surface area contributed by atoms with Crippen LogP contribution in [0.5, 0.6) is 0 Å². The predicted molar refractivity (Wildman–Crippen MR) is 126 cm³/mol. The first-order valence-corrected chi connectivity index (χ1v) is 17.7. The van der Waals surface area contributed by atoms with Crippen LogP contribution in [0.15, 0.2) is 71.9 Å². The molecule has 1 saturated heterocycles. The second kappa shape index (κ2) is 6.73. The summed E-state index contributed by atoms with van der Waals surface area (Å²) in [7, 11) is 1.30. The molecule has 0 spiro atoms. The highest BCUT2D eigenvalue weighted by Gasteiger charge is 2.56. The maximum Gasteiger partial charge on any atom is 0.108 e. The van der Waals surface area contributed by atoms with Crippen LogP contribution in [0.3, 0.4) is 0 Å². The third-order valence-corrected chi connectivity index (χ3v) is 20.8. The normalized spacial score (nSPS) is 25.8. The van der Waals surface area contributed by atoms with Gasteiger partial charge in [0.05, 0.1) is 8.07 Å². The van der Waals surface area contributed by atoms with Crippen molar-refractivity contribution >= 4 is 48.1 Å². The standard InChI is InChI=1S/C22H28S2Si2/c1-25(2,18-11-7-5-8-12-18)21-15-16-22(17-20(21)23-24-22)26(3,4)19-13-9-6-10-14-19/h5-15,20H,16-17H2,1-4H3/t20-,22+/m1/s1. The molecule has 0 saturated carbocycles. The van der Waals surface area contributed by atoms with E-state index in [-0.39, 0.29) is 0 Å². The smallest absolute Gasteiger partial charge is 0.0891 e. The molecule has 2 aromatic rings. The summed E-state index contributed by atoms with van der Waals surface area (Å²) in [6.45, 7) is 10.3. The van der Waals surface area contributed by atoms with Gasteiger partial charge in [0.2, 0.25) is 0 Å². The largest absolute Gasteiger partial charge is 0.108 e. The summed E-state index contributed by atoms with van der Waals surface area (Å²) in [5.41, 5.74) is 0. The number of hydrogen-bond donors (Lipinski definition) is 0.